The van der Waals surface area contributed by atoms with Gasteiger partial charge in [0.05, 0.1) is 0 Å². The zero-order chi connectivity index (χ0) is 4.41. The summed E-state index contributed by atoms with van der Waals surface area (Å²) in [5.41, 5.74) is 5.19. The van der Waals surface area contributed by atoms with E-state index in [0.29, 0.717) is 0 Å². The van der Waals surface area contributed by atoms with Gasteiger partial charge in [-0.25, -0.2) is 0 Å². The van der Waals surface area contributed by atoms with E-state index in [9.17, 15) is 0 Å². The van der Waals surface area contributed by atoms with Crippen molar-refractivity contribution in [2.75, 3.05) is 0 Å². The molecule has 32 valence electrons. The van der Waals surface area contributed by atoms with Crippen molar-refractivity contribution in [3.63, 3.8) is 0 Å². The van der Waals surface area contributed by atoms with Crippen LogP contribution >= 0.6 is 0 Å². The monoisotopic (exact) mass is 83.0 g/mol. The molecular weight excluding hydrogens is 78.1 g/mol. The first-order chi connectivity index (χ1) is 2.89. The largest absolute Gasteiger partial charge is 0.305 e. The number of hydrogen-bond donors (Lipinski definition) is 1. The van der Waals surface area contributed by atoms with Gasteiger partial charge in [-0.15, -0.1) is 0 Å². The molecule has 1 unspecified atom stereocenters. The molecule has 3 heteroatoms. The third-order valence-corrected chi connectivity index (χ3v) is 0.550. The van der Waals surface area contributed by atoms with Crippen LogP contribution in [-0.4, -0.2) is 6.17 Å². The fourth-order valence-electron chi connectivity index (χ4n) is 0.281. The molecule has 6 heavy (non-hydrogen) atoms. The Hall–Kier alpha value is -0.700. The average molecular weight is 83.1 g/mol. The van der Waals surface area contributed by atoms with E-state index in [2.05, 4.69) is 10.2 Å². The van der Waals surface area contributed by atoms with Crippen molar-refractivity contribution < 1.29 is 0 Å². The summed E-state index contributed by atoms with van der Waals surface area (Å²) in [5, 5.41) is 7.01. The van der Waals surface area contributed by atoms with Gasteiger partial charge in [-0.2, -0.15) is 10.2 Å². The Kier molecular flexibility index (Phi) is 0.686. The summed E-state index contributed by atoms with van der Waals surface area (Å²) in [7, 11) is 0. The van der Waals surface area contributed by atoms with Crippen LogP contribution in [0.4, 0.5) is 0 Å². The first kappa shape index (κ1) is 3.49. The van der Waals surface area contributed by atoms with Crippen LogP contribution in [0.1, 0.15) is 0 Å². The highest BCUT2D eigenvalue weighted by atomic mass is 15.2. The average Bonchev–Trinajstić information content (AvgIpc) is 1.86. The summed E-state index contributed by atoms with van der Waals surface area (Å²) < 4.78 is 0. The Bertz CT molecular complexity index is 82.2. The lowest BCUT2D eigenvalue weighted by Crippen LogP contribution is -2.09. The summed E-state index contributed by atoms with van der Waals surface area (Å²) in [4.78, 5) is 0. The molecule has 0 fully saturated rings. The molecule has 0 aliphatic carbocycles. The first-order valence-corrected chi connectivity index (χ1v) is 1.72. The number of hydrogen-bond acceptors (Lipinski definition) is 3. The maximum atomic E-state index is 5.19. The highest BCUT2D eigenvalue weighted by Crippen LogP contribution is 1.94. The third-order valence-electron chi connectivity index (χ3n) is 0.550. The van der Waals surface area contributed by atoms with E-state index in [0.717, 1.165) is 0 Å². The summed E-state index contributed by atoms with van der Waals surface area (Å²) in [5.74, 6) is 0. The molecule has 1 heterocycles. The van der Waals surface area contributed by atoms with Gasteiger partial charge in [0, 0.05) is 6.20 Å². The summed E-state index contributed by atoms with van der Waals surface area (Å²) >= 11 is 0. The van der Waals surface area contributed by atoms with Gasteiger partial charge in [-0.05, 0) is 6.08 Å². The molecule has 0 radical (unpaired) electrons. The van der Waals surface area contributed by atoms with E-state index in [-0.39, 0.29) is 6.17 Å². The fourth-order valence-corrected chi connectivity index (χ4v) is 0.281. The van der Waals surface area contributed by atoms with Crippen LogP contribution in [0.25, 0.3) is 0 Å². The molecule has 0 aromatic rings. The molecule has 1 atom stereocenters. The van der Waals surface area contributed by atoms with Crippen molar-refractivity contribution in [3.05, 3.63) is 12.3 Å². The van der Waals surface area contributed by atoms with Crippen molar-refractivity contribution in [1.29, 1.82) is 0 Å². The standard InChI is InChI=1S/C3H5N3/c4-3-1-2-5-6-3/h1-3H,4H2. The molecule has 0 spiro atoms. The maximum Gasteiger partial charge on any atom is 0.139 e. The minimum absolute atomic E-state index is 0.176. The van der Waals surface area contributed by atoms with Crippen molar-refractivity contribution in [3.8, 4) is 0 Å². The van der Waals surface area contributed by atoms with Gasteiger partial charge in [-0.3, -0.25) is 0 Å². The predicted molar refractivity (Wildman–Crippen MR) is 22.0 cm³/mol. The van der Waals surface area contributed by atoms with Crippen molar-refractivity contribution in [2.24, 2.45) is 16.0 Å². The van der Waals surface area contributed by atoms with E-state index in [1.807, 2.05) is 0 Å². The zero-order valence-corrected chi connectivity index (χ0v) is 3.20. The Balaban J connectivity index is 2.60. The minimum atomic E-state index is -0.176. The second kappa shape index (κ2) is 1.18. The number of rotatable bonds is 0. The van der Waals surface area contributed by atoms with Gasteiger partial charge in [0.1, 0.15) is 6.17 Å². The SMILES string of the molecule is NC1C=CN=N1. The minimum Gasteiger partial charge on any atom is -0.305 e. The molecule has 0 aromatic heterocycles. The highest BCUT2D eigenvalue weighted by Gasteiger charge is 1.92. The van der Waals surface area contributed by atoms with Crippen LogP contribution in [0, 0.1) is 0 Å². The van der Waals surface area contributed by atoms with Crippen LogP contribution in [0.2, 0.25) is 0 Å². The Morgan fingerprint density at radius 2 is 2.50 bits per heavy atom. The lowest BCUT2D eigenvalue weighted by Gasteiger charge is -1.82. The number of nitrogens with two attached hydrogens (primary N) is 1. The second-order valence-corrected chi connectivity index (χ2v) is 1.06. The van der Waals surface area contributed by atoms with Crippen molar-refractivity contribution in [2.45, 2.75) is 6.17 Å². The topological polar surface area (TPSA) is 50.7 Å². The first-order valence-electron chi connectivity index (χ1n) is 1.72. The van der Waals surface area contributed by atoms with Gasteiger partial charge in [0.25, 0.3) is 0 Å². The summed E-state index contributed by atoms with van der Waals surface area (Å²) in [6.07, 6.45) is 3.13. The van der Waals surface area contributed by atoms with Crippen LogP contribution in [0.5, 0.6) is 0 Å². The lowest BCUT2D eigenvalue weighted by molar-refractivity contribution is 0.851. The molecule has 0 saturated heterocycles. The molecule has 0 saturated carbocycles. The Morgan fingerprint density at radius 1 is 1.67 bits per heavy atom. The summed E-state index contributed by atoms with van der Waals surface area (Å²) in [6.45, 7) is 0. The third kappa shape index (κ3) is 0.440. The lowest BCUT2D eigenvalue weighted by atomic mass is 10.5. The number of nitrogens with zero attached hydrogens (tertiary/aromatic N) is 2. The summed E-state index contributed by atoms with van der Waals surface area (Å²) in [6, 6.07) is 0. The van der Waals surface area contributed by atoms with Crippen LogP contribution in [0.15, 0.2) is 22.5 Å². The highest BCUT2D eigenvalue weighted by molar-refractivity contribution is 4.92. The molecule has 0 aromatic carbocycles. The maximum absolute atomic E-state index is 5.19. The second-order valence-electron chi connectivity index (χ2n) is 1.06. The molecule has 0 bridgehead atoms. The quantitative estimate of drug-likeness (QED) is 0.448. The molecular formula is C3H5N3. The van der Waals surface area contributed by atoms with Crippen molar-refractivity contribution in [1.82, 2.24) is 0 Å². The molecule has 0 amide bonds. The van der Waals surface area contributed by atoms with Crippen LogP contribution in [-0.2, 0) is 0 Å². The molecule has 1 rings (SSSR count). The Morgan fingerprint density at radius 3 is 2.67 bits per heavy atom. The molecule has 1 aliphatic rings. The molecule has 3 nitrogen and oxygen atoms in total. The van der Waals surface area contributed by atoms with E-state index in [1.165, 1.54) is 0 Å². The van der Waals surface area contributed by atoms with E-state index in [1.54, 1.807) is 12.3 Å². The molecule has 1 aliphatic heterocycles. The number of azo groups is 1. The Labute approximate surface area is 35.6 Å². The predicted octanol–water partition coefficient (Wildman–Crippen LogP) is 0.251. The smallest absolute Gasteiger partial charge is 0.139 e. The van der Waals surface area contributed by atoms with Crippen LogP contribution < -0.4 is 5.73 Å². The van der Waals surface area contributed by atoms with Gasteiger partial charge in [0.2, 0.25) is 0 Å². The van der Waals surface area contributed by atoms with Gasteiger partial charge in [0.15, 0.2) is 0 Å². The van der Waals surface area contributed by atoms with E-state index in [4.69, 9.17) is 5.73 Å². The molecule has 2 N–H and O–H groups in total. The fraction of sp³-hybridized carbons (Fsp3) is 0.333. The van der Waals surface area contributed by atoms with Gasteiger partial charge >= 0.3 is 0 Å². The zero-order valence-electron chi connectivity index (χ0n) is 3.20. The van der Waals surface area contributed by atoms with Gasteiger partial charge in [-0.1, -0.05) is 0 Å². The van der Waals surface area contributed by atoms with Crippen LogP contribution in [0.3, 0.4) is 0 Å². The van der Waals surface area contributed by atoms with E-state index < -0.39 is 0 Å². The normalized spacial score (nSPS) is 29.2. The van der Waals surface area contributed by atoms with Gasteiger partial charge < -0.3 is 5.73 Å². The van der Waals surface area contributed by atoms with E-state index >= 15 is 0 Å². The van der Waals surface area contributed by atoms with Crippen molar-refractivity contribution >= 4 is 0 Å².